The quantitative estimate of drug-likeness (QED) is 0.787. The molecule has 0 saturated heterocycles. The molecule has 2 aromatic heterocycles. The lowest BCUT2D eigenvalue weighted by atomic mass is 10.1. The number of hydrogen-bond donors (Lipinski definition) is 2. The van der Waals surface area contributed by atoms with Crippen molar-refractivity contribution < 1.29 is 14.4 Å². The fraction of sp³-hybridized carbons (Fsp3) is 0.278. The number of nitrogens with one attached hydrogen (secondary N) is 2. The monoisotopic (exact) mass is 389 g/mol. The second-order valence-corrected chi connectivity index (χ2v) is 8.14. The summed E-state index contributed by atoms with van der Waals surface area (Å²) in [5.41, 5.74) is 1.35. The molecule has 1 aliphatic carbocycles. The number of carbonyl (C=O) groups excluding carboxylic acids is 3. The maximum absolute atomic E-state index is 12.6. The highest BCUT2D eigenvalue weighted by Gasteiger charge is 2.28. The number of carbonyl (C=O) groups is 3. The normalized spacial score (nSPS) is 12.8. The highest BCUT2D eigenvalue weighted by atomic mass is 32.1. The molecule has 0 aromatic carbocycles. The molecule has 0 fully saturated rings. The lowest BCUT2D eigenvalue weighted by Gasteiger charge is -2.12. The van der Waals surface area contributed by atoms with Crippen molar-refractivity contribution in [2.75, 3.05) is 19.4 Å². The molecule has 136 valence electrons. The van der Waals surface area contributed by atoms with E-state index in [4.69, 9.17) is 0 Å². The van der Waals surface area contributed by atoms with E-state index in [1.807, 2.05) is 17.5 Å². The average molecular weight is 390 g/mol. The van der Waals surface area contributed by atoms with Gasteiger partial charge in [-0.15, -0.1) is 22.7 Å². The van der Waals surface area contributed by atoms with Crippen LogP contribution in [0.5, 0.6) is 0 Å². The van der Waals surface area contributed by atoms with Crippen LogP contribution in [0.3, 0.4) is 0 Å². The van der Waals surface area contributed by atoms with E-state index >= 15 is 0 Å². The van der Waals surface area contributed by atoms with E-state index in [1.54, 1.807) is 20.2 Å². The van der Waals surface area contributed by atoms with Gasteiger partial charge in [0, 0.05) is 29.9 Å². The summed E-state index contributed by atoms with van der Waals surface area (Å²) in [4.78, 5) is 40.0. The number of aryl methyl sites for hydroxylation is 1. The third-order valence-electron chi connectivity index (χ3n) is 3.95. The zero-order chi connectivity index (χ0) is 18.7. The molecule has 26 heavy (non-hydrogen) atoms. The van der Waals surface area contributed by atoms with Crippen LogP contribution in [0.1, 0.15) is 32.1 Å². The summed E-state index contributed by atoms with van der Waals surface area (Å²) in [6, 6.07) is 3.35. The first-order valence-corrected chi connectivity index (χ1v) is 9.85. The Labute approximate surface area is 159 Å². The van der Waals surface area contributed by atoms with Crippen LogP contribution in [-0.2, 0) is 17.6 Å². The van der Waals surface area contributed by atoms with Crippen LogP contribution in [-0.4, -0.2) is 36.8 Å². The number of fused-ring (bicyclic) bond motifs is 1. The van der Waals surface area contributed by atoms with Crippen molar-refractivity contribution in [1.82, 2.24) is 10.2 Å². The van der Waals surface area contributed by atoms with Gasteiger partial charge >= 0.3 is 6.03 Å². The van der Waals surface area contributed by atoms with Crippen LogP contribution in [0.15, 0.2) is 23.6 Å². The van der Waals surface area contributed by atoms with Crippen molar-refractivity contribution in [3.8, 4) is 0 Å². The number of amides is 4. The molecule has 4 amide bonds. The molecule has 2 N–H and O–H groups in total. The molecule has 2 aromatic rings. The van der Waals surface area contributed by atoms with E-state index in [9.17, 15) is 14.4 Å². The Hall–Kier alpha value is -2.45. The highest BCUT2D eigenvalue weighted by Crippen LogP contribution is 2.39. The minimum absolute atomic E-state index is 0.300. The van der Waals surface area contributed by atoms with Crippen molar-refractivity contribution in [2.45, 2.75) is 19.3 Å². The molecule has 2 heterocycles. The predicted octanol–water partition coefficient (Wildman–Crippen LogP) is 3.36. The smallest absolute Gasteiger partial charge is 0.323 e. The Morgan fingerprint density at radius 2 is 2.04 bits per heavy atom. The van der Waals surface area contributed by atoms with Crippen molar-refractivity contribution in [3.05, 3.63) is 44.5 Å². The van der Waals surface area contributed by atoms with Gasteiger partial charge in [-0.2, -0.15) is 0 Å². The van der Waals surface area contributed by atoms with Crippen LogP contribution < -0.4 is 10.6 Å². The zero-order valence-corrected chi connectivity index (χ0v) is 16.1. The SMILES string of the molecule is CN(C)C(=O)NC(=O)c1c(NC(=O)C=Cc2cccs2)sc2c1CCC2. The molecule has 0 atom stereocenters. The van der Waals surface area contributed by atoms with Crippen LogP contribution >= 0.6 is 22.7 Å². The van der Waals surface area contributed by atoms with Gasteiger partial charge in [0.05, 0.1) is 5.56 Å². The topological polar surface area (TPSA) is 78.5 Å². The third-order valence-corrected chi connectivity index (χ3v) is 6.00. The largest absolute Gasteiger partial charge is 0.331 e. The van der Waals surface area contributed by atoms with Gasteiger partial charge in [0.25, 0.3) is 5.91 Å². The molecular weight excluding hydrogens is 370 g/mol. The summed E-state index contributed by atoms with van der Waals surface area (Å²) in [7, 11) is 3.14. The molecule has 0 spiro atoms. The minimum Gasteiger partial charge on any atom is -0.331 e. The van der Waals surface area contributed by atoms with Crippen molar-refractivity contribution >= 4 is 51.6 Å². The Morgan fingerprint density at radius 1 is 1.23 bits per heavy atom. The molecule has 0 saturated carbocycles. The molecule has 6 nitrogen and oxygen atoms in total. The number of anilines is 1. The Balaban J connectivity index is 1.80. The predicted molar refractivity (Wildman–Crippen MR) is 105 cm³/mol. The van der Waals surface area contributed by atoms with Gasteiger partial charge in [-0.25, -0.2) is 4.79 Å². The van der Waals surface area contributed by atoms with E-state index < -0.39 is 11.9 Å². The van der Waals surface area contributed by atoms with E-state index in [1.165, 1.54) is 33.6 Å². The summed E-state index contributed by atoms with van der Waals surface area (Å²) in [5, 5.41) is 7.60. The van der Waals surface area contributed by atoms with Gasteiger partial charge in [-0.05, 0) is 42.3 Å². The number of urea groups is 1. The summed E-state index contributed by atoms with van der Waals surface area (Å²) in [6.45, 7) is 0. The van der Waals surface area contributed by atoms with Gasteiger partial charge in [0.15, 0.2) is 0 Å². The summed E-state index contributed by atoms with van der Waals surface area (Å²) < 4.78 is 0. The summed E-state index contributed by atoms with van der Waals surface area (Å²) >= 11 is 2.95. The molecule has 3 rings (SSSR count). The molecule has 0 bridgehead atoms. The lowest BCUT2D eigenvalue weighted by Crippen LogP contribution is -2.39. The number of imide groups is 1. The van der Waals surface area contributed by atoms with Crippen LogP contribution in [0.2, 0.25) is 0 Å². The Bertz CT molecular complexity index is 867. The van der Waals surface area contributed by atoms with E-state index in [0.29, 0.717) is 10.6 Å². The average Bonchev–Trinajstić information content (AvgIpc) is 3.29. The second kappa shape index (κ2) is 7.84. The van der Waals surface area contributed by atoms with Gasteiger partial charge in [0.1, 0.15) is 5.00 Å². The zero-order valence-electron chi connectivity index (χ0n) is 14.5. The van der Waals surface area contributed by atoms with Crippen LogP contribution in [0, 0.1) is 0 Å². The van der Waals surface area contributed by atoms with Crippen LogP contribution in [0.25, 0.3) is 6.08 Å². The van der Waals surface area contributed by atoms with E-state index in [2.05, 4.69) is 10.6 Å². The molecule has 0 aliphatic heterocycles. The number of rotatable bonds is 4. The van der Waals surface area contributed by atoms with Gasteiger partial charge in [-0.1, -0.05) is 6.07 Å². The molecule has 8 heteroatoms. The maximum atomic E-state index is 12.6. The lowest BCUT2D eigenvalue weighted by molar-refractivity contribution is -0.111. The number of nitrogens with zero attached hydrogens (tertiary/aromatic N) is 1. The fourth-order valence-corrected chi connectivity index (χ4v) is 4.61. The minimum atomic E-state index is -0.484. The van der Waals surface area contributed by atoms with Crippen LogP contribution in [0.4, 0.5) is 9.80 Å². The second-order valence-electron chi connectivity index (χ2n) is 6.05. The molecule has 0 unspecified atom stereocenters. The van der Waals surface area contributed by atoms with Gasteiger partial charge in [0.2, 0.25) is 5.91 Å². The first-order valence-electron chi connectivity index (χ1n) is 8.15. The fourth-order valence-electron chi connectivity index (χ4n) is 2.70. The summed E-state index contributed by atoms with van der Waals surface area (Å²) in [6.07, 6.45) is 5.84. The Morgan fingerprint density at radius 3 is 2.73 bits per heavy atom. The number of thiophene rings is 2. The molecule has 0 radical (unpaired) electrons. The summed E-state index contributed by atoms with van der Waals surface area (Å²) in [5.74, 6) is -0.771. The number of hydrogen-bond acceptors (Lipinski definition) is 5. The van der Waals surface area contributed by atoms with E-state index in [-0.39, 0.29) is 5.91 Å². The van der Waals surface area contributed by atoms with E-state index in [0.717, 1.165) is 34.6 Å². The van der Waals surface area contributed by atoms with Gasteiger partial charge in [-0.3, -0.25) is 14.9 Å². The third kappa shape index (κ3) is 4.03. The first kappa shape index (κ1) is 18.3. The first-order chi connectivity index (χ1) is 12.5. The highest BCUT2D eigenvalue weighted by molar-refractivity contribution is 7.17. The van der Waals surface area contributed by atoms with Crippen molar-refractivity contribution in [2.24, 2.45) is 0 Å². The Kier molecular flexibility index (Phi) is 5.53. The maximum Gasteiger partial charge on any atom is 0.323 e. The van der Waals surface area contributed by atoms with Crippen molar-refractivity contribution in [3.63, 3.8) is 0 Å². The van der Waals surface area contributed by atoms with Gasteiger partial charge < -0.3 is 10.2 Å². The molecule has 1 aliphatic rings. The standard InChI is InChI=1S/C18H19N3O3S2/c1-21(2)18(24)20-16(23)15-12-6-3-7-13(12)26-17(15)19-14(22)9-8-11-5-4-10-25-11/h4-5,8-10H,3,6-7H2,1-2H3,(H,19,22)(H,20,23,24). The van der Waals surface area contributed by atoms with Crippen molar-refractivity contribution in [1.29, 1.82) is 0 Å². The molecular formula is C18H19N3O3S2.